The predicted octanol–water partition coefficient (Wildman–Crippen LogP) is 3.26. The molecule has 0 amide bonds. The van der Waals surface area contributed by atoms with Crippen LogP contribution in [0.2, 0.25) is 10.0 Å². The summed E-state index contributed by atoms with van der Waals surface area (Å²) in [5.41, 5.74) is 5.89. The van der Waals surface area contributed by atoms with E-state index in [0.29, 0.717) is 21.7 Å². The second-order valence-electron chi connectivity index (χ2n) is 5.37. The molecule has 0 aliphatic heterocycles. The third-order valence-electron chi connectivity index (χ3n) is 4.02. The van der Waals surface area contributed by atoms with Crippen molar-refractivity contribution in [1.82, 2.24) is 9.88 Å². The van der Waals surface area contributed by atoms with Gasteiger partial charge in [0.15, 0.2) is 0 Å². The summed E-state index contributed by atoms with van der Waals surface area (Å²) in [7, 11) is 4.25. The number of nitrogens with two attached hydrogens (primary N) is 1. The van der Waals surface area contributed by atoms with Gasteiger partial charge in [-0.2, -0.15) is 0 Å². The highest BCUT2D eigenvalue weighted by molar-refractivity contribution is 6.37. The first-order chi connectivity index (χ1) is 8.94. The van der Waals surface area contributed by atoms with Crippen LogP contribution in [0.1, 0.15) is 25.7 Å². The third kappa shape index (κ3) is 3.07. The Morgan fingerprint density at radius 2 is 1.95 bits per heavy atom. The lowest BCUT2D eigenvalue weighted by atomic mass is 9.96. The lowest BCUT2D eigenvalue weighted by molar-refractivity contribution is 0.172. The summed E-state index contributed by atoms with van der Waals surface area (Å²) in [6.45, 7) is 0.813. The molecule has 4 nitrogen and oxygen atoms in total. The number of rotatable bonds is 4. The molecule has 1 fully saturated rings. The van der Waals surface area contributed by atoms with Crippen LogP contribution in [0.5, 0.6) is 0 Å². The van der Waals surface area contributed by atoms with Gasteiger partial charge in [-0.05, 0) is 33.0 Å². The number of nitrogens with one attached hydrogen (secondary N) is 1. The van der Waals surface area contributed by atoms with Gasteiger partial charge >= 0.3 is 0 Å². The van der Waals surface area contributed by atoms with E-state index in [9.17, 15) is 0 Å². The van der Waals surface area contributed by atoms with Crippen LogP contribution in [0, 0.1) is 0 Å². The average Bonchev–Trinajstić information content (AvgIpc) is 2.82. The summed E-state index contributed by atoms with van der Waals surface area (Å²) in [6.07, 6.45) is 4.91. The van der Waals surface area contributed by atoms with Crippen LogP contribution >= 0.6 is 23.2 Å². The van der Waals surface area contributed by atoms with Crippen molar-refractivity contribution in [2.24, 2.45) is 0 Å². The van der Waals surface area contributed by atoms with Crippen molar-refractivity contribution >= 4 is 34.8 Å². The molecule has 1 aromatic rings. The fraction of sp³-hybridized carbons (Fsp3) is 0.615. The third-order valence-corrected chi connectivity index (χ3v) is 4.62. The lowest BCUT2D eigenvalue weighted by Crippen LogP contribution is -2.47. The van der Waals surface area contributed by atoms with Gasteiger partial charge in [0.1, 0.15) is 11.6 Å². The van der Waals surface area contributed by atoms with E-state index in [2.05, 4.69) is 29.3 Å². The van der Waals surface area contributed by atoms with Gasteiger partial charge in [0.05, 0.1) is 10.0 Å². The normalized spacial score (nSPS) is 17.9. The van der Waals surface area contributed by atoms with Crippen LogP contribution in [-0.2, 0) is 0 Å². The van der Waals surface area contributed by atoms with Crippen molar-refractivity contribution in [2.45, 2.75) is 31.2 Å². The van der Waals surface area contributed by atoms with Crippen LogP contribution in [0.3, 0.4) is 0 Å². The maximum Gasteiger partial charge on any atom is 0.147 e. The fourth-order valence-electron chi connectivity index (χ4n) is 2.67. The molecule has 1 aliphatic rings. The van der Waals surface area contributed by atoms with Crippen LogP contribution in [0.4, 0.5) is 11.6 Å². The Labute approximate surface area is 124 Å². The quantitative estimate of drug-likeness (QED) is 0.896. The minimum atomic E-state index is 0.180. The van der Waals surface area contributed by atoms with Crippen molar-refractivity contribution < 1.29 is 0 Å². The van der Waals surface area contributed by atoms with Crippen molar-refractivity contribution in [1.29, 1.82) is 0 Å². The number of likely N-dealkylation sites (N-methyl/N-ethyl adjacent to an activating group) is 1. The Morgan fingerprint density at radius 1 is 1.32 bits per heavy atom. The molecule has 2 rings (SSSR count). The predicted molar refractivity (Wildman–Crippen MR) is 82.0 cm³/mol. The molecule has 1 saturated carbocycles. The van der Waals surface area contributed by atoms with Gasteiger partial charge in [-0.15, -0.1) is 0 Å². The molecule has 0 unspecified atom stereocenters. The summed E-state index contributed by atoms with van der Waals surface area (Å²) in [5.74, 6) is 0.913. The molecule has 0 atom stereocenters. The molecule has 3 N–H and O–H groups in total. The number of hydrogen-bond acceptors (Lipinski definition) is 4. The highest BCUT2D eigenvalue weighted by Crippen LogP contribution is 2.35. The maximum absolute atomic E-state index is 6.13. The van der Waals surface area contributed by atoms with E-state index in [4.69, 9.17) is 28.9 Å². The number of hydrogen-bond donors (Lipinski definition) is 2. The van der Waals surface area contributed by atoms with Crippen LogP contribution < -0.4 is 11.1 Å². The molecule has 1 aromatic heterocycles. The zero-order chi connectivity index (χ0) is 14.0. The van der Waals surface area contributed by atoms with Crippen molar-refractivity contribution in [3.8, 4) is 0 Å². The Morgan fingerprint density at radius 3 is 2.53 bits per heavy atom. The fourth-order valence-corrected chi connectivity index (χ4v) is 3.09. The van der Waals surface area contributed by atoms with Crippen LogP contribution in [0.15, 0.2) is 6.07 Å². The number of halogens is 2. The summed E-state index contributed by atoms with van der Waals surface area (Å²) in [4.78, 5) is 6.50. The summed E-state index contributed by atoms with van der Waals surface area (Å²) in [6, 6.07) is 1.63. The van der Waals surface area contributed by atoms with Crippen molar-refractivity contribution in [2.75, 3.05) is 31.7 Å². The van der Waals surface area contributed by atoms with Crippen LogP contribution in [0.25, 0.3) is 0 Å². The maximum atomic E-state index is 6.13. The lowest BCUT2D eigenvalue weighted by Gasteiger charge is -2.36. The van der Waals surface area contributed by atoms with E-state index in [1.54, 1.807) is 6.07 Å². The highest BCUT2D eigenvalue weighted by Gasteiger charge is 2.35. The minimum Gasteiger partial charge on any atom is -0.382 e. The van der Waals surface area contributed by atoms with Gasteiger partial charge in [0.25, 0.3) is 0 Å². The summed E-state index contributed by atoms with van der Waals surface area (Å²) in [5, 5.41) is 4.22. The molecule has 0 saturated heterocycles. The molecule has 19 heavy (non-hydrogen) atoms. The molecule has 1 heterocycles. The number of nitrogens with zero attached hydrogens (tertiary/aromatic N) is 2. The number of nitrogen functional groups attached to an aromatic ring is 1. The molecule has 6 heteroatoms. The Kier molecular flexibility index (Phi) is 4.43. The molecule has 106 valence electrons. The second kappa shape index (κ2) is 5.73. The Hall–Kier alpha value is -0.710. The molecule has 1 aliphatic carbocycles. The van der Waals surface area contributed by atoms with E-state index in [0.717, 1.165) is 6.54 Å². The molecule has 0 radical (unpaired) electrons. The van der Waals surface area contributed by atoms with Crippen molar-refractivity contribution in [3.63, 3.8) is 0 Å². The second-order valence-corrected chi connectivity index (χ2v) is 6.18. The number of aromatic nitrogens is 1. The molecular formula is C13H20Cl2N4. The zero-order valence-electron chi connectivity index (χ0n) is 11.3. The smallest absolute Gasteiger partial charge is 0.147 e. The number of pyridine rings is 1. The van der Waals surface area contributed by atoms with E-state index in [1.165, 1.54) is 25.7 Å². The Balaban J connectivity index is 2.11. The first kappa shape index (κ1) is 14.7. The molecule has 0 spiro atoms. The first-order valence-corrected chi connectivity index (χ1v) is 7.23. The molecular weight excluding hydrogens is 283 g/mol. The van der Waals surface area contributed by atoms with Gasteiger partial charge < -0.3 is 16.0 Å². The largest absolute Gasteiger partial charge is 0.382 e. The molecule has 0 bridgehead atoms. The van der Waals surface area contributed by atoms with Gasteiger partial charge in [0.2, 0.25) is 0 Å². The Bertz CT molecular complexity index is 456. The standard InChI is InChI=1S/C13H20Cl2N4/c1-19(2)13(5-3-4-6-13)8-17-12-10(15)7-9(14)11(16)18-12/h7H,3-6,8H2,1-2H3,(H3,16,17,18). The minimum absolute atomic E-state index is 0.180. The highest BCUT2D eigenvalue weighted by atomic mass is 35.5. The van der Waals surface area contributed by atoms with Gasteiger partial charge in [0, 0.05) is 12.1 Å². The van der Waals surface area contributed by atoms with Crippen molar-refractivity contribution in [3.05, 3.63) is 16.1 Å². The van der Waals surface area contributed by atoms with E-state index >= 15 is 0 Å². The van der Waals surface area contributed by atoms with Gasteiger partial charge in [-0.25, -0.2) is 4.98 Å². The van der Waals surface area contributed by atoms with E-state index < -0.39 is 0 Å². The van der Waals surface area contributed by atoms with E-state index in [-0.39, 0.29) is 5.54 Å². The topological polar surface area (TPSA) is 54.2 Å². The van der Waals surface area contributed by atoms with Crippen LogP contribution in [-0.4, -0.2) is 36.1 Å². The first-order valence-electron chi connectivity index (χ1n) is 6.47. The SMILES string of the molecule is CN(C)C1(CNc2nc(N)c(Cl)cc2Cl)CCCC1. The summed E-state index contributed by atoms with van der Waals surface area (Å²) >= 11 is 12.0. The zero-order valence-corrected chi connectivity index (χ0v) is 12.9. The van der Waals surface area contributed by atoms with E-state index in [1.807, 2.05) is 0 Å². The van der Waals surface area contributed by atoms with Gasteiger partial charge in [-0.3, -0.25) is 0 Å². The molecule has 0 aromatic carbocycles. The average molecular weight is 303 g/mol. The monoisotopic (exact) mass is 302 g/mol. The number of anilines is 2. The van der Waals surface area contributed by atoms with Gasteiger partial charge in [-0.1, -0.05) is 36.0 Å². The summed E-state index contributed by atoms with van der Waals surface area (Å²) < 4.78 is 0.